The molecule has 2 aliphatic heterocycles. The molecule has 1 fully saturated rings. The summed E-state index contributed by atoms with van der Waals surface area (Å²) < 4.78 is 17.5. The number of nitrogens with two attached hydrogens (primary N) is 1. The summed E-state index contributed by atoms with van der Waals surface area (Å²) in [4.78, 5) is 19.4. The third-order valence-electron chi connectivity index (χ3n) is 5.68. The third kappa shape index (κ3) is 4.85. The van der Waals surface area contributed by atoms with Gasteiger partial charge >= 0.3 is 0 Å². The van der Waals surface area contributed by atoms with Gasteiger partial charge in [0, 0.05) is 17.8 Å². The lowest BCUT2D eigenvalue weighted by atomic mass is 10.1. The van der Waals surface area contributed by atoms with Crippen molar-refractivity contribution in [3.8, 4) is 17.2 Å². The molecule has 3 aromatic rings. The van der Waals surface area contributed by atoms with Gasteiger partial charge in [0.05, 0.1) is 0 Å². The molecular formula is C23H26N6O4. The van der Waals surface area contributed by atoms with Crippen molar-refractivity contribution in [2.24, 2.45) is 0 Å². The molecule has 2 aliphatic rings. The zero-order valence-electron chi connectivity index (χ0n) is 18.2. The van der Waals surface area contributed by atoms with Gasteiger partial charge in [-0.05, 0) is 68.4 Å². The quantitative estimate of drug-likeness (QED) is 0.560. The molecule has 1 saturated heterocycles. The van der Waals surface area contributed by atoms with Gasteiger partial charge in [-0.25, -0.2) is 0 Å². The SMILES string of the molecule is Nc1nc(Nc2ccc(OCCN3CCCCC3)cc2)nn1C(=O)c1ccc2c(c1)OCO2. The van der Waals surface area contributed by atoms with Gasteiger partial charge in [-0.3, -0.25) is 9.69 Å². The fourth-order valence-electron chi connectivity index (χ4n) is 3.92. The Balaban J connectivity index is 1.18. The van der Waals surface area contributed by atoms with Crippen LogP contribution in [-0.2, 0) is 0 Å². The fraction of sp³-hybridized carbons (Fsp3) is 0.348. The molecule has 5 rings (SSSR count). The van der Waals surface area contributed by atoms with E-state index in [4.69, 9.17) is 19.9 Å². The van der Waals surface area contributed by atoms with Crippen LogP contribution in [0.5, 0.6) is 17.2 Å². The van der Waals surface area contributed by atoms with E-state index in [9.17, 15) is 4.79 Å². The first-order valence-electron chi connectivity index (χ1n) is 11.0. The number of nitrogen functional groups attached to an aromatic ring is 1. The van der Waals surface area contributed by atoms with E-state index < -0.39 is 5.91 Å². The lowest BCUT2D eigenvalue weighted by Crippen LogP contribution is -2.33. The summed E-state index contributed by atoms with van der Waals surface area (Å²) in [7, 11) is 0. The molecule has 0 aliphatic carbocycles. The van der Waals surface area contributed by atoms with Crippen molar-refractivity contribution >= 4 is 23.5 Å². The predicted molar refractivity (Wildman–Crippen MR) is 122 cm³/mol. The number of carbonyl (C=O) groups is 1. The Labute approximate surface area is 191 Å². The first-order chi connectivity index (χ1) is 16.2. The zero-order chi connectivity index (χ0) is 22.6. The van der Waals surface area contributed by atoms with E-state index in [-0.39, 0.29) is 18.7 Å². The van der Waals surface area contributed by atoms with Gasteiger partial charge < -0.3 is 25.3 Å². The highest BCUT2D eigenvalue weighted by Gasteiger charge is 2.20. The number of ether oxygens (including phenoxy) is 3. The van der Waals surface area contributed by atoms with Crippen molar-refractivity contribution in [1.29, 1.82) is 0 Å². The van der Waals surface area contributed by atoms with Crippen LogP contribution in [0.3, 0.4) is 0 Å². The van der Waals surface area contributed by atoms with Gasteiger partial charge in [0.15, 0.2) is 11.5 Å². The molecular weight excluding hydrogens is 424 g/mol. The number of aromatic nitrogens is 3. The number of hydrogen-bond donors (Lipinski definition) is 2. The average molecular weight is 450 g/mol. The van der Waals surface area contributed by atoms with E-state index in [1.165, 1.54) is 19.3 Å². The molecule has 10 heteroatoms. The molecule has 1 aromatic heterocycles. The van der Waals surface area contributed by atoms with Gasteiger partial charge in [0.1, 0.15) is 12.4 Å². The van der Waals surface area contributed by atoms with Crippen molar-refractivity contribution in [3.63, 3.8) is 0 Å². The molecule has 0 bridgehead atoms. The minimum absolute atomic E-state index is 0.0159. The Morgan fingerprint density at radius 2 is 1.85 bits per heavy atom. The molecule has 3 heterocycles. The highest BCUT2D eigenvalue weighted by atomic mass is 16.7. The van der Waals surface area contributed by atoms with Crippen molar-refractivity contribution in [1.82, 2.24) is 19.7 Å². The molecule has 172 valence electrons. The average Bonchev–Trinajstić information content (AvgIpc) is 3.46. The van der Waals surface area contributed by atoms with Gasteiger partial charge in [-0.15, -0.1) is 5.10 Å². The summed E-state index contributed by atoms with van der Waals surface area (Å²) in [5.74, 6) is 1.70. The summed E-state index contributed by atoms with van der Waals surface area (Å²) in [6.45, 7) is 4.06. The van der Waals surface area contributed by atoms with E-state index in [2.05, 4.69) is 20.3 Å². The molecule has 10 nitrogen and oxygen atoms in total. The van der Waals surface area contributed by atoms with Crippen LogP contribution in [0.25, 0.3) is 0 Å². The minimum Gasteiger partial charge on any atom is -0.492 e. The van der Waals surface area contributed by atoms with E-state index >= 15 is 0 Å². The molecule has 0 radical (unpaired) electrons. The number of piperidine rings is 1. The highest BCUT2D eigenvalue weighted by Crippen LogP contribution is 2.32. The lowest BCUT2D eigenvalue weighted by molar-refractivity contribution is 0.0947. The molecule has 3 N–H and O–H groups in total. The molecule has 0 atom stereocenters. The number of rotatable bonds is 7. The maximum atomic E-state index is 12.8. The Bertz CT molecular complexity index is 1120. The largest absolute Gasteiger partial charge is 0.492 e. The van der Waals surface area contributed by atoms with Gasteiger partial charge in [0.25, 0.3) is 5.91 Å². The first kappa shape index (κ1) is 21.1. The van der Waals surface area contributed by atoms with Crippen molar-refractivity contribution < 1.29 is 19.0 Å². The molecule has 0 spiro atoms. The monoisotopic (exact) mass is 450 g/mol. The first-order valence-corrected chi connectivity index (χ1v) is 11.0. The molecule has 0 amide bonds. The second kappa shape index (κ2) is 9.37. The van der Waals surface area contributed by atoms with Gasteiger partial charge in [0.2, 0.25) is 18.7 Å². The number of anilines is 3. The van der Waals surface area contributed by atoms with E-state index in [0.29, 0.717) is 23.7 Å². The number of nitrogens with zero attached hydrogens (tertiary/aromatic N) is 4. The fourth-order valence-corrected chi connectivity index (χ4v) is 3.92. The number of hydrogen-bond acceptors (Lipinski definition) is 9. The maximum Gasteiger partial charge on any atom is 0.281 e. The molecule has 33 heavy (non-hydrogen) atoms. The second-order valence-electron chi connectivity index (χ2n) is 7.98. The number of benzene rings is 2. The van der Waals surface area contributed by atoms with Crippen LogP contribution in [0.2, 0.25) is 0 Å². The molecule has 2 aromatic carbocycles. The van der Waals surface area contributed by atoms with Crippen molar-refractivity contribution in [2.75, 3.05) is 44.1 Å². The van der Waals surface area contributed by atoms with Gasteiger partial charge in [-0.2, -0.15) is 9.67 Å². The summed E-state index contributed by atoms with van der Waals surface area (Å²) in [6.07, 6.45) is 3.88. The Morgan fingerprint density at radius 1 is 1.06 bits per heavy atom. The van der Waals surface area contributed by atoms with Crippen LogP contribution in [0.1, 0.15) is 29.6 Å². The number of likely N-dealkylation sites (tertiary alicyclic amines) is 1. The summed E-state index contributed by atoms with van der Waals surface area (Å²) in [5.41, 5.74) is 7.06. The zero-order valence-corrected chi connectivity index (χ0v) is 18.2. The minimum atomic E-state index is -0.413. The van der Waals surface area contributed by atoms with Crippen LogP contribution in [0, 0.1) is 0 Å². The Hall–Kier alpha value is -3.79. The summed E-state index contributed by atoms with van der Waals surface area (Å²) in [5, 5.41) is 7.27. The van der Waals surface area contributed by atoms with Gasteiger partial charge in [-0.1, -0.05) is 6.42 Å². The second-order valence-corrected chi connectivity index (χ2v) is 7.98. The highest BCUT2D eigenvalue weighted by molar-refractivity contribution is 5.97. The number of carbonyl (C=O) groups excluding carboxylic acids is 1. The maximum absolute atomic E-state index is 12.8. The predicted octanol–water partition coefficient (Wildman–Crippen LogP) is 2.89. The number of fused-ring (bicyclic) bond motifs is 1. The van der Waals surface area contributed by atoms with Crippen LogP contribution in [0.4, 0.5) is 17.6 Å². The normalized spacial score (nSPS) is 15.4. The van der Waals surface area contributed by atoms with Crippen LogP contribution >= 0.6 is 0 Å². The smallest absolute Gasteiger partial charge is 0.281 e. The van der Waals surface area contributed by atoms with Crippen LogP contribution in [-0.4, -0.2) is 58.6 Å². The molecule has 0 saturated carbocycles. The summed E-state index contributed by atoms with van der Waals surface area (Å²) in [6, 6.07) is 12.4. The topological polar surface area (TPSA) is 117 Å². The standard InChI is InChI=1S/C23H26N6O4/c24-22-26-23(27-29(22)21(30)16-4-9-19-20(14-16)33-15-32-19)25-17-5-7-18(8-6-17)31-13-12-28-10-2-1-3-11-28/h4-9,14H,1-3,10-13,15H2,(H3,24,25,26,27). The Kier molecular flexibility index (Phi) is 5.99. The van der Waals surface area contributed by atoms with Crippen LogP contribution in [0.15, 0.2) is 42.5 Å². The van der Waals surface area contributed by atoms with E-state index in [0.717, 1.165) is 35.8 Å². The number of nitrogens with one attached hydrogen (secondary N) is 1. The van der Waals surface area contributed by atoms with E-state index in [1.54, 1.807) is 18.2 Å². The van der Waals surface area contributed by atoms with E-state index in [1.807, 2.05) is 24.3 Å². The third-order valence-corrected chi connectivity index (χ3v) is 5.68. The van der Waals surface area contributed by atoms with Crippen molar-refractivity contribution in [2.45, 2.75) is 19.3 Å². The lowest BCUT2D eigenvalue weighted by Gasteiger charge is -2.26. The summed E-state index contributed by atoms with van der Waals surface area (Å²) >= 11 is 0. The van der Waals surface area contributed by atoms with Crippen molar-refractivity contribution in [3.05, 3.63) is 48.0 Å². The molecule has 0 unspecified atom stereocenters. The van der Waals surface area contributed by atoms with Crippen LogP contribution < -0.4 is 25.3 Å². The Morgan fingerprint density at radius 3 is 2.67 bits per heavy atom.